The van der Waals surface area contributed by atoms with Crippen LogP contribution in [0.1, 0.15) is 44.2 Å². The van der Waals surface area contributed by atoms with Crippen LogP contribution in [0.5, 0.6) is 5.75 Å². The van der Waals surface area contributed by atoms with Gasteiger partial charge in [0.1, 0.15) is 6.54 Å². The molecule has 1 aromatic heterocycles. The Morgan fingerprint density at radius 2 is 1.93 bits per heavy atom. The van der Waals surface area contributed by atoms with Crippen LogP contribution >= 0.6 is 11.8 Å². The molecule has 0 spiro atoms. The normalized spacial score (nSPS) is 19.4. The second-order valence-corrected chi connectivity index (χ2v) is 8.69. The molecule has 0 radical (unpaired) electrons. The standard InChI is InChI=1S/C20H31N3O3S/c1-26-19-14-23(15-20(25)21-16-6-4-2-3-5-7-16)17(12-18(19)24)13-22-8-10-27-11-9-22/h12,14,16H,2-11,13,15H2,1H3,(H,21,25). The lowest BCUT2D eigenvalue weighted by Gasteiger charge is -2.27. The Morgan fingerprint density at radius 1 is 1.22 bits per heavy atom. The van der Waals surface area contributed by atoms with Crippen molar-refractivity contribution in [3.63, 3.8) is 0 Å². The summed E-state index contributed by atoms with van der Waals surface area (Å²) in [7, 11) is 1.49. The van der Waals surface area contributed by atoms with Gasteiger partial charge in [0.25, 0.3) is 0 Å². The lowest BCUT2D eigenvalue weighted by atomic mass is 10.1. The fourth-order valence-electron chi connectivity index (χ4n) is 3.87. The molecule has 1 saturated heterocycles. The van der Waals surface area contributed by atoms with Crippen molar-refractivity contribution in [1.29, 1.82) is 0 Å². The van der Waals surface area contributed by atoms with Crippen molar-refractivity contribution in [3.8, 4) is 5.75 Å². The summed E-state index contributed by atoms with van der Waals surface area (Å²) in [4.78, 5) is 27.2. The number of pyridine rings is 1. The first-order valence-electron chi connectivity index (χ1n) is 10.0. The molecular formula is C20H31N3O3S. The lowest BCUT2D eigenvalue weighted by molar-refractivity contribution is -0.122. The molecule has 7 heteroatoms. The number of rotatable bonds is 6. The first kappa shape index (κ1) is 20.3. The summed E-state index contributed by atoms with van der Waals surface area (Å²) >= 11 is 1.96. The number of hydrogen-bond donors (Lipinski definition) is 1. The minimum absolute atomic E-state index is 0.0167. The highest BCUT2D eigenvalue weighted by atomic mass is 32.2. The van der Waals surface area contributed by atoms with E-state index in [1.54, 1.807) is 12.3 Å². The third-order valence-corrected chi connectivity index (χ3v) is 6.37. The molecule has 1 saturated carbocycles. The van der Waals surface area contributed by atoms with E-state index in [-0.39, 0.29) is 29.7 Å². The fraction of sp³-hybridized carbons (Fsp3) is 0.700. The van der Waals surface area contributed by atoms with Gasteiger partial charge in [0.15, 0.2) is 5.75 Å². The van der Waals surface area contributed by atoms with Crippen LogP contribution in [0, 0.1) is 0 Å². The summed E-state index contributed by atoms with van der Waals surface area (Å²) in [6.45, 7) is 2.94. The highest BCUT2D eigenvalue weighted by Crippen LogP contribution is 2.18. The Morgan fingerprint density at radius 3 is 2.59 bits per heavy atom. The van der Waals surface area contributed by atoms with E-state index in [1.165, 1.54) is 32.8 Å². The zero-order chi connectivity index (χ0) is 19.1. The summed E-state index contributed by atoms with van der Waals surface area (Å²) in [5.41, 5.74) is 0.753. The number of thioether (sulfide) groups is 1. The van der Waals surface area contributed by atoms with Gasteiger partial charge in [-0.15, -0.1) is 0 Å². The average Bonchev–Trinajstić information content (AvgIpc) is 2.93. The Balaban J connectivity index is 1.71. The molecule has 2 heterocycles. The van der Waals surface area contributed by atoms with Crippen LogP contribution in [-0.2, 0) is 17.9 Å². The smallest absolute Gasteiger partial charge is 0.240 e. The molecule has 1 amide bonds. The van der Waals surface area contributed by atoms with Crippen LogP contribution in [-0.4, -0.2) is 53.1 Å². The molecule has 27 heavy (non-hydrogen) atoms. The number of aromatic nitrogens is 1. The third-order valence-electron chi connectivity index (χ3n) is 5.43. The molecule has 1 aromatic rings. The predicted molar refractivity (Wildman–Crippen MR) is 109 cm³/mol. The zero-order valence-corrected chi connectivity index (χ0v) is 17.1. The van der Waals surface area contributed by atoms with Crippen LogP contribution in [0.4, 0.5) is 0 Å². The molecule has 1 aliphatic heterocycles. The van der Waals surface area contributed by atoms with Gasteiger partial charge in [-0.1, -0.05) is 25.7 Å². The number of carbonyl (C=O) groups is 1. The minimum Gasteiger partial charge on any atom is -0.491 e. The van der Waals surface area contributed by atoms with E-state index in [4.69, 9.17) is 4.74 Å². The first-order valence-corrected chi connectivity index (χ1v) is 11.2. The van der Waals surface area contributed by atoms with Crippen molar-refractivity contribution >= 4 is 17.7 Å². The fourth-order valence-corrected chi connectivity index (χ4v) is 4.85. The summed E-state index contributed by atoms with van der Waals surface area (Å²) in [6.07, 6.45) is 8.73. The number of ether oxygens (including phenoxy) is 1. The topological polar surface area (TPSA) is 63.6 Å². The Labute approximate surface area is 165 Å². The minimum atomic E-state index is -0.126. The maximum atomic E-state index is 12.7. The number of nitrogens with one attached hydrogen (secondary N) is 1. The van der Waals surface area contributed by atoms with Crippen molar-refractivity contribution in [2.45, 2.75) is 57.7 Å². The van der Waals surface area contributed by atoms with E-state index in [0.29, 0.717) is 6.54 Å². The molecule has 0 atom stereocenters. The van der Waals surface area contributed by atoms with Crippen LogP contribution in [0.2, 0.25) is 0 Å². The summed E-state index contributed by atoms with van der Waals surface area (Å²) in [6, 6.07) is 1.91. The number of carbonyl (C=O) groups excluding carboxylic acids is 1. The van der Waals surface area contributed by atoms with Gasteiger partial charge in [0.05, 0.1) is 13.3 Å². The lowest BCUT2D eigenvalue weighted by Crippen LogP contribution is -2.38. The van der Waals surface area contributed by atoms with Gasteiger partial charge in [0.2, 0.25) is 11.3 Å². The van der Waals surface area contributed by atoms with Gasteiger partial charge in [-0.05, 0) is 12.8 Å². The van der Waals surface area contributed by atoms with Crippen LogP contribution < -0.4 is 15.5 Å². The molecule has 2 fully saturated rings. The van der Waals surface area contributed by atoms with Gasteiger partial charge in [0, 0.05) is 48.9 Å². The van der Waals surface area contributed by atoms with Crippen molar-refractivity contribution in [2.24, 2.45) is 0 Å². The number of nitrogens with zero attached hydrogens (tertiary/aromatic N) is 2. The van der Waals surface area contributed by atoms with E-state index in [0.717, 1.165) is 43.1 Å². The zero-order valence-electron chi connectivity index (χ0n) is 16.2. The quantitative estimate of drug-likeness (QED) is 0.751. The van der Waals surface area contributed by atoms with E-state index in [9.17, 15) is 9.59 Å². The number of methoxy groups -OCH3 is 1. The molecule has 6 nitrogen and oxygen atoms in total. The Kier molecular flexibility index (Phi) is 7.64. The molecule has 1 aliphatic carbocycles. The SMILES string of the molecule is COc1cn(CC(=O)NC2CCCCCC2)c(CN2CCSCC2)cc1=O. The maximum Gasteiger partial charge on any atom is 0.240 e. The Hall–Kier alpha value is -1.47. The van der Waals surface area contributed by atoms with Crippen LogP contribution in [0.25, 0.3) is 0 Å². The van der Waals surface area contributed by atoms with Crippen LogP contribution in [0.3, 0.4) is 0 Å². The monoisotopic (exact) mass is 393 g/mol. The van der Waals surface area contributed by atoms with Gasteiger partial charge in [-0.25, -0.2) is 0 Å². The van der Waals surface area contributed by atoms with E-state index < -0.39 is 0 Å². The van der Waals surface area contributed by atoms with E-state index in [2.05, 4.69) is 10.2 Å². The molecule has 2 aliphatic rings. The molecular weight excluding hydrogens is 362 g/mol. The summed E-state index contributed by atoms with van der Waals surface area (Å²) < 4.78 is 7.08. The van der Waals surface area contributed by atoms with Gasteiger partial charge < -0.3 is 14.6 Å². The Bertz CT molecular complexity index is 678. The number of hydrogen-bond acceptors (Lipinski definition) is 5. The molecule has 3 rings (SSSR count). The van der Waals surface area contributed by atoms with Crippen molar-refractivity contribution in [1.82, 2.24) is 14.8 Å². The number of amides is 1. The second-order valence-electron chi connectivity index (χ2n) is 7.47. The van der Waals surface area contributed by atoms with Crippen molar-refractivity contribution in [2.75, 3.05) is 31.7 Å². The van der Waals surface area contributed by atoms with E-state index in [1.807, 2.05) is 16.3 Å². The first-order chi connectivity index (χ1) is 13.2. The molecule has 0 bridgehead atoms. The summed E-state index contributed by atoms with van der Waals surface area (Å²) in [5.74, 6) is 2.53. The van der Waals surface area contributed by atoms with Crippen LogP contribution in [0.15, 0.2) is 17.1 Å². The van der Waals surface area contributed by atoms with Gasteiger partial charge >= 0.3 is 0 Å². The average molecular weight is 394 g/mol. The largest absolute Gasteiger partial charge is 0.491 e. The molecule has 150 valence electrons. The molecule has 0 aromatic carbocycles. The second kappa shape index (κ2) is 10.2. The van der Waals surface area contributed by atoms with Gasteiger partial charge in [-0.2, -0.15) is 11.8 Å². The van der Waals surface area contributed by atoms with Crippen molar-refractivity contribution < 1.29 is 9.53 Å². The highest BCUT2D eigenvalue weighted by Gasteiger charge is 2.18. The molecule has 1 N–H and O–H groups in total. The van der Waals surface area contributed by atoms with Gasteiger partial charge in [-0.3, -0.25) is 14.5 Å². The van der Waals surface area contributed by atoms with Crippen molar-refractivity contribution in [3.05, 3.63) is 28.2 Å². The maximum absolute atomic E-state index is 12.7. The van der Waals surface area contributed by atoms with E-state index >= 15 is 0 Å². The molecule has 0 unspecified atom stereocenters. The predicted octanol–water partition coefficient (Wildman–Crippen LogP) is 2.24. The third kappa shape index (κ3) is 6.01. The summed E-state index contributed by atoms with van der Waals surface area (Å²) in [5, 5.41) is 3.19. The highest BCUT2D eigenvalue weighted by molar-refractivity contribution is 7.99.